The van der Waals surface area contributed by atoms with Crippen LogP contribution in [0.15, 0.2) is 42.5 Å². The largest absolute Gasteiger partial charge is 0.460 e. The van der Waals surface area contributed by atoms with Gasteiger partial charge >= 0.3 is 5.97 Å². The molecule has 0 unspecified atom stereocenters. The minimum atomic E-state index is -0.624. The SMILES string of the molecule is O=C(OCc1ccccc1)[C@@H]1[C@H]2C=C[C@@]3(CN(C4CCCC4)C(=O)[C@@H]13)O2. The molecule has 4 aliphatic rings. The third kappa shape index (κ3) is 2.33. The standard InChI is InChI=1S/C21H23NO4/c23-19-18-17(20(24)25-12-14-6-2-1-3-7-14)16-10-11-21(18,26-16)13-22(19)15-8-4-5-9-15/h1-3,6-7,10-11,15-18H,4-5,8-9,12-13H2/t16-,17-,18-,21+/m1/s1. The van der Waals surface area contributed by atoms with Crippen LogP contribution in [0, 0.1) is 11.8 Å². The summed E-state index contributed by atoms with van der Waals surface area (Å²) in [6.07, 6.45) is 8.09. The number of benzene rings is 1. The summed E-state index contributed by atoms with van der Waals surface area (Å²) in [5.41, 5.74) is 0.321. The molecule has 1 amide bonds. The van der Waals surface area contributed by atoms with Crippen LogP contribution in [0.3, 0.4) is 0 Å². The lowest BCUT2D eigenvalue weighted by atomic mass is 9.77. The minimum Gasteiger partial charge on any atom is -0.460 e. The molecule has 4 atom stereocenters. The highest BCUT2D eigenvalue weighted by Crippen LogP contribution is 2.53. The number of fused-ring (bicyclic) bond motifs is 1. The summed E-state index contributed by atoms with van der Waals surface area (Å²) in [7, 11) is 0. The molecule has 2 saturated heterocycles. The Hall–Kier alpha value is -2.14. The van der Waals surface area contributed by atoms with Gasteiger partial charge in [-0.3, -0.25) is 9.59 Å². The number of carbonyl (C=O) groups excluding carboxylic acids is 2. The average Bonchev–Trinajstić information content (AvgIpc) is 3.42. The van der Waals surface area contributed by atoms with Crippen LogP contribution in [-0.4, -0.2) is 41.1 Å². The van der Waals surface area contributed by atoms with Crippen molar-refractivity contribution in [1.82, 2.24) is 4.90 Å². The van der Waals surface area contributed by atoms with E-state index in [0.717, 1.165) is 18.4 Å². The maximum absolute atomic E-state index is 13.2. The van der Waals surface area contributed by atoms with Crippen molar-refractivity contribution < 1.29 is 19.1 Å². The molecule has 1 aliphatic carbocycles. The Labute approximate surface area is 153 Å². The second-order valence-corrected chi connectivity index (χ2v) is 7.90. The van der Waals surface area contributed by atoms with Crippen molar-refractivity contribution in [2.24, 2.45) is 11.8 Å². The summed E-state index contributed by atoms with van der Waals surface area (Å²) in [4.78, 5) is 27.9. The maximum atomic E-state index is 13.2. The molecule has 0 N–H and O–H groups in total. The summed E-state index contributed by atoms with van der Waals surface area (Å²) in [6.45, 7) is 0.809. The quantitative estimate of drug-likeness (QED) is 0.616. The predicted molar refractivity (Wildman–Crippen MR) is 93.9 cm³/mol. The topological polar surface area (TPSA) is 55.8 Å². The van der Waals surface area contributed by atoms with Gasteiger partial charge in [0.2, 0.25) is 5.91 Å². The van der Waals surface area contributed by atoms with Gasteiger partial charge < -0.3 is 14.4 Å². The van der Waals surface area contributed by atoms with E-state index in [0.29, 0.717) is 12.6 Å². The molecule has 136 valence electrons. The van der Waals surface area contributed by atoms with Crippen LogP contribution in [0.4, 0.5) is 0 Å². The van der Waals surface area contributed by atoms with Crippen molar-refractivity contribution in [2.75, 3.05) is 6.54 Å². The summed E-state index contributed by atoms with van der Waals surface area (Å²) >= 11 is 0. The van der Waals surface area contributed by atoms with E-state index < -0.39 is 17.4 Å². The van der Waals surface area contributed by atoms with Crippen molar-refractivity contribution in [3.05, 3.63) is 48.0 Å². The number of amides is 1. The molecule has 26 heavy (non-hydrogen) atoms. The van der Waals surface area contributed by atoms with Crippen LogP contribution >= 0.6 is 0 Å². The lowest BCUT2D eigenvalue weighted by Crippen LogP contribution is -2.41. The van der Waals surface area contributed by atoms with Crippen LogP contribution in [0.25, 0.3) is 0 Å². The third-order valence-corrected chi connectivity index (χ3v) is 6.39. The Morgan fingerprint density at radius 1 is 1.23 bits per heavy atom. The minimum absolute atomic E-state index is 0.0745. The fraction of sp³-hybridized carbons (Fsp3) is 0.524. The number of likely N-dealkylation sites (tertiary alicyclic amines) is 1. The summed E-state index contributed by atoms with van der Waals surface area (Å²) in [5.74, 6) is -1.20. The predicted octanol–water partition coefficient (Wildman–Crippen LogP) is 2.45. The molecule has 5 rings (SSSR count). The lowest BCUT2D eigenvalue weighted by molar-refractivity contribution is -0.155. The maximum Gasteiger partial charge on any atom is 0.313 e. The Morgan fingerprint density at radius 2 is 2.00 bits per heavy atom. The van der Waals surface area contributed by atoms with Gasteiger partial charge in [0.05, 0.1) is 18.6 Å². The van der Waals surface area contributed by atoms with Gasteiger partial charge in [-0.2, -0.15) is 0 Å². The Bertz CT molecular complexity index is 755. The van der Waals surface area contributed by atoms with E-state index >= 15 is 0 Å². The van der Waals surface area contributed by atoms with Crippen molar-refractivity contribution >= 4 is 11.9 Å². The monoisotopic (exact) mass is 353 g/mol. The van der Waals surface area contributed by atoms with Crippen molar-refractivity contribution in [3.8, 4) is 0 Å². The first-order valence-electron chi connectivity index (χ1n) is 9.56. The van der Waals surface area contributed by atoms with E-state index in [-0.39, 0.29) is 24.6 Å². The smallest absolute Gasteiger partial charge is 0.313 e. The summed E-state index contributed by atoms with van der Waals surface area (Å²) in [5, 5.41) is 0. The van der Waals surface area contributed by atoms with Crippen LogP contribution in [0.1, 0.15) is 31.2 Å². The van der Waals surface area contributed by atoms with Gasteiger partial charge in [-0.25, -0.2) is 0 Å². The molecular formula is C21H23NO4. The Balaban J connectivity index is 1.34. The first kappa shape index (κ1) is 16.1. The highest BCUT2D eigenvalue weighted by atomic mass is 16.6. The van der Waals surface area contributed by atoms with Crippen molar-refractivity contribution in [2.45, 2.75) is 50.0 Å². The highest BCUT2D eigenvalue weighted by molar-refractivity contribution is 5.91. The summed E-state index contributed by atoms with van der Waals surface area (Å²) < 4.78 is 11.7. The first-order valence-corrected chi connectivity index (χ1v) is 9.56. The van der Waals surface area contributed by atoms with Gasteiger partial charge in [-0.15, -0.1) is 0 Å². The fourth-order valence-corrected chi connectivity index (χ4v) is 5.15. The number of nitrogens with zero attached hydrogens (tertiary/aromatic N) is 1. The number of esters is 1. The average molecular weight is 353 g/mol. The molecule has 0 aromatic heterocycles. The lowest BCUT2D eigenvalue weighted by Gasteiger charge is -2.26. The molecule has 3 heterocycles. The molecule has 5 heteroatoms. The number of carbonyl (C=O) groups is 2. The Kier molecular flexibility index (Phi) is 3.67. The number of rotatable bonds is 4. The molecule has 3 aliphatic heterocycles. The zero-order valence-corrected chi connectivity index (χ0v) is 14.7. The Morgan fingerprint density at radius 3 is 2.77 bits per heavy atom. The fourth-order valence-electron chi connectivity index (χ4n) is 5.15. The second kappa shape index (κ2) is 5.95. The van der Waals surface area contributed by atoms with Crippen molar-refractivity contribution in [1.29, 1.82) is 0 Å². The van der Waals surface area contributed by atoms with Gasteiger partial charge in [-0.1, -0.05) is 55.3 Å². The number of hydrogen-bond donors (Lipinski definition) is 0. The molecule has 1 saturated carbocycles. The van der Waals surface area contributed by atoms with Gasteiger partial charge in [0.15, 0.2) is 0 Å². The van der Waals surface area contributed by atoms with E-state index in [9.17, 15) is 9.59 Å². The van der Waals surface area contributed by atoms with E-state index in [2.05, 4.69) is 0 Å². The van der Waals surface area contributed by atoms with E-state index in [1.165, 1.54) is 12.8 Å². The highest BCUT2D eigenvalue weighted by Gasteiger charge is 2.67. The molecule has 2 bridgehead atoms. The number of ether oxygens (including phenoxy) is 2. The van der Waals surface area contributed by atoms with Gasteiger partial charge in [0.1, 0.15) is 18.1 Å². The van der Waals surface area contributed by atoms with Crippen LogP contribution in [0.2, 0.25) is 0 Å². The van der Waals surface area contributed by atoms with Crippen LogP contribution in [0.5, 0.6) is 0 Å². The van der Waals surface area contributed by atoms with E-state index in [1.807, 2.05) is 47.4 Å². The normalized spacial score (nSPS) is 35.3. The molecular weight excluding hydrogens is 330 g/mol. The van der Waals surface area contributed by atoms with Gasteiger partial charge in [-0.05, 0) is 18.4 Å². The molecule has 3 fully saturated rings. The molecule has 1 aromatic rings. The van der Waals surface area contributed by atoms with Gasteiger partial charge in [0, 0.05) is 6.04 Å². The zero-order valence-electron chi connectivity index (χ0n) is 14.7. The van der Waals surface area contributed by atoms with E-state index in [4.69, 9.17) is 9.47 Å². The molecule has 1 aromatic carbocycles. The van der Waals surface area contributed by atoms with Crippen LogP contribution in [-0.2, 0) is 25.7 Å². The molecule has 0 radical (unpaired) electrons. The second-order valence-electron chi connectivity index (χ2n) is 7.90. The van der Waals surface area contributed by atoms with Crippen molar-refractivity contribution in [3.63, 3.8) is 0 Å². The molecule has 1 spiro atoms. The van der Waals surface area contributed by atoms with E-state index in [1.54, 1.807) is 0 Å². The first-order chi connectivity index (χ1) is 12.7. The van der Waals surface area contributed by atoms with Crippen LogP contribution < -0.4 is 0 Å². The summed E-state index contributed by atoms with van der Waals surface area (Å²) in [6, 6.07) is 9.92. The number of hydrogen-bond acceptors (Lipinski definition) is 4. The van der Waals surface area contributed by atoms with Gasteiger partial charge in [0.25, 0.3) is 0 Å². The third-order valence-electron chi connectivity index (χ3n) is 6.39. The molecule has 5 nitrogen and oxygen atoms in total. The zero-order chi connectivity index (χ0) is 17.7.